The van der Waals surface area contributed by atoms with E-state index in [9.17, 15) is 4.79 Å². The summed E-state index contributed by atoms with van der Waals surface area (Å²) in [6.07, 6.45) is 3.45. The van der Waals surface area contributed by atoms with Gasteiger partial charge < -0.3 is 10.6 Å². The third-order valence-corrected chi connectivity index (χ3v) is 3.78. The molecule has 0 radical (unpaired) electrons. The van der Waals surface area contributed by atoms with Crippen LogP contribution in [-0.4, -0.2) is 27.1 Å². The molecule has 1 heterocycles. The molecule has 0 bridgehead atoms. The summed E-state index contributed by atoms with van der Waals surface area (Å²) in [5.41, 5.74) is 1.70. The number of benzene rings is 1. The van der Waals surface area contributed by atoms with Gasteiger partial charge in [0.2, 0.25) is 0 Å². The number of anilines is 1. The molecule has 0 aliphatic carbocycles. The molecule has 6 nitrogen and oxygen atoms in total. The quantitative estimate of drug-likeness (QED) is 0.886. The van der Waals surface area contributed by atoms with Crippen LogP contribution in [0, 0.1) is 0 Å². The number of aryl methyl sites for hydroxylation is 1. The van der Waals surface area contributed by atoms with Gasteiger partial charge in [-0.05, 0) is 30.0 Å². The van der Waals surface area contributed by atoms with Crippen molar-refractivity contribution >= 4 is 35.1 Å². The number of halogens is 1. The van der Waals surface area contributed by atoms with Crippen molar-refractivity contribution in [2.24, 2.45) is 7.05 Å². The summed E-state index contributed by atoms with van der Waals surface area (Å²) in [7, 11) is 1.77. The summed E-state index contributed by atoms with van der Waals surface area (Å²) in [5.74, 6) is 1.49. The summed E-state index contributed by atoms with van der Waals surface area (Å²) in [6, 6.07) is 5.13. The molecular formula is C13H16ClN5OS. The lowest BCUT2D eigenvalue weighted by molar-refractivity contribution is 0.251. The van der Waals surface area contributed by atoms with Crippen molar-refractivity contribution < 1.29 is 4.79 Å². The van der Waals surface area contributed by atoms with Crippen LogP contribution >= 0.6 is 23.4 Å². The van der Waals surface area contributed by atoms with Gasteiger partial charge in [0.1, 0.15) is 12.2 Å². The predicted molar refractivity (Wildman–Crippen MR) is 85.5 cm³/mol. The smallest absolute Gasteiger partial charge is 0.319 e. The zero-order valence-corrected chi connectivity index (χ0v) is 13.3. The fourth-order valence-electron chi connectivity index (χ4n) is 1.73. The molecule has 0 saturated heterocycles. The minimum atomic E-state index is -0.296. The van der Waals surface area contributed by atoms with E-state index >= 15 is 0 Å². The Labute approximate surface area is 132 Å². The average Bonchev–Trinajstić information content (AvgIpc) is 2.86. The van der Waals surface area contributed by atoms with Gasteiger partial charge in [-0.15, -0.1) is 0 Å². The highest BCUT2D eigenvalue weighted by atomic mass is 35.5. The van der Waals surface area contributed by atoms with Crippen molar-refractivity contribution in [1.82, 2.24) is 20.1 Å². The summed E-state index contributed by atoms with van der Waals surface area (Å²) in [4.78, 5) is 15.9. The maximum absolute atomic E-state index is 11.9. The van der Waals surface area contributed by atoms with E-state index in [1.165, 1.54) is 6.33 Å². The first kappa shape index (κ1) is 15.7. The molecule has 0 spiro atoms. The second-order valence-corrected chi connectivity index (χ2v) is 5.62. The van der Waals surface area contributed by atoms with E-state index in [1.54, 1.807) is 35.6 Å². The Kier molecular flexibility index (Phi) is 5.46. The molecular weight excluding hydrogens is 310 g/mol. The van der Waals surface area contributed by atoms with Crippen molar-refractivity contribution in [1.29, 1.82) is 0 Å². The lowest BCUT2D eigenvalue weighted by Crippen LogP contribution is -2.29. The Bertz CT molecular complexity index is 631. The van der Waals surface area contributed by atoms with Crippen molar-refractivity contribution in [3.63, 3.8) is 0 Å². The van der Waals surface area contributed by atoms with Crippen LogP contribution in [0.2, 0.25) is 5.02 Å². The summed E-state index contributed by atoms with van der Waals surface area (Å²) in [6.45, 7) is 0.313. The lowest BCUT2D eigenvalue weighted by Gasteiger charge is -2.09. The molecule has 0 atom stereocenters. The van der Waals surface area contributed by atoms with Crippen LogP contribution in [0.25, 0.3) is 0 Å². The number of amides is 2. The van der Waals surface area contributed by atoms with E-state index < -0.39 is 0 Å². The summed E-state index contributed by atoms with van der Waals surface area (Å²) in [5, 5.41) is 10.1. The molecule has 0 aliphatic rings. The van der Waals surface area contributed by atoms with Gasteiger partial charge in [0.25, 0.3) is 0 Å². The first-order chi connectivity index (χ1) is 10.1. The van der Waals surface area contributed by atoms with Gasteiger partial charge in [-0.2, -0.15) is 16.9 Å². The molecule has 0 saturated carbocycles. The van der Waals surface area contributed by atoms with Crippen LogP contribution < -0.4 is 10.6 Å². The monoisotopic (exact) mass is 325 g/mol. The zero-order valence-electron chi connectivity index (χ0n) is 11.8. The molecule has 112 valence electrons. The van der Waals surface area contributed by atoms with Crippen LogP contribution in [0.15, 0.2) is 24.5 Å². The van der Waals surface area contributed by atoms with Crippen molar-refractivity contribution in [2.75, 3.05) is 11.6 Å². The fourth-order valence-corrected chi connectivity index (χ4v) is 2.55. The summed E-state index contributed by atoms with van der Waals surface area (Å²) < 4.78 is 1.61. The van der Waals surface area contributed by atoms with E-state index in [0.29, 0.717) is 23.1 Å². The first-order valence-electron chi connectivity index (χ1n) is 6.25. The molecule has 0 unspecified atom stereocenters. The van der Waals surface area contributed by atoms with Crippen LogP contribution in [0.4, 0.5) is 10.5 Å². The number of urea groups is 1. The van der Waals surface area contributed by atoms with Crippen molar-refractivity contribution in [3.05, 3.63) is 40.9 Å². The molecule has 0 fully saturated rings. The number of carbonyl (C=O) groups is 1. The topological polar surface area (TPSA) is 71.8 Å². The third kappa shape index (κ3) is 4.37. The Balaban J connectivity index is 1.93. The highest BCUT2D eigenvalue weighted by Gasteiger charge is 2.07. The van der Waals surface area contributed by atoms with Crippen LogP contribution in [0.1, 0.15) is 11.4 Å². The van der Waals surface area contributed by atoms with Gasteiger partial charge in [0.15, 0.2) is 0 Å². The second-order valence-electron chi connectivity index (χ2n) is 4.35. The van der Waals surface area contributed by atoms with Gasteiger partial charge in [0, 0.05) is 23.5 Å². The van der Waals surface area contributed by atoms with Crippen LogP contribution in [0.5, 0.6) is 0 Å². The Hall–Kier alpha value is -1.73. The number of thioether (sulfide) groups is 1. The predicted octanol–water partition coefficient (Wildman–Crippen LogP) is 2.65. The largest absolute Gasteiger partial charge is 0.331 e. The van der Waals surface area contributed by atoms with Crippen molar-refractivity contribution in [2.45, 2.75) is 12.3 Å². The number of aromatic nitrogens is 3. The number of hydrogen-bond acceptors (Lipinski definition) is 4. The number of nitrogens with zero attached hydrogens (tertiary/aromatic N) is 3. The SMILES string of the molecule is CSCc1cc(NC(=O)NCc2ncnn2C)ccc1Cl. The maximum Gasteiger partial charge on any atom is 0.319 e. The van der Waals surface area contributed by atoms with E-state index in [4.69, 9.17) is 11.6 Å². The summed E-state index contributed by atoms with van der Waals surface area (Å²) >= 11 is 7.77. The Morgan fingerprint density at radius 3 is 2.95 bits per heavy atom. The number of rotatable bonds is 5. The molecule has 2 amide bonds. The van der Waals surface area contributed by atoms with E-state index in [0.717, 1.165) is 11.3 Å². The highest BCUT2D eigenvalue weighted by Crippen LogP contribution is 2.23. The first-order valence-corrected chi connectivity index (χ1v) is 8.02. The van der Waals surface area contributed by atoms with Crippen LogP contribution in [0.3, 0.4) is 0 Å². The van der Waals surface area contributed by atoms with E-state index in [1.807, 2.05) is 12.3 Å². The molecule has 1 aromatic heterocycles. The Morgan fingerprint density at radius 1 is 1.48 bits per heavy atom. The molecule has 1 aromatic carbocycles. The zero-order chi connectivity index (χ0) is 15.2. The normalized spacial score (nSPS) is 10.4. The molecule has 2 N–H and O–H groups in total. The minimum Gasteiger partial charge on any atom is -0.331 e. The molecule has 21 heavy (non-hydrogen) atoms. The van der Waals surface area contributed by atoms with Crippen molar-refractivity contribution in [3.8, 4) is 0 Å². The average molecular weight is 326 g/mol. The number of hydrogen-bond donors (Lipinski definition) is 2. The fraction of sp³-hybridized carbons (Fsp3) is 0.308. The standard InChI is InChI=1S/C13H16ClN5OS/c1-19-12(16-8-17-19)6-15-13(20)18-10-3-4-11(14)9(5-10)7-21-2/h3-5,8H,6-7H2,1-2H3,(H2,15,18,20). The lowest BCUT2D eigenvalue weighted by atomic mass is 10.2. The van der Waals surface area contributed by atoms with Gasteiger partial charge in [0.05, 0.1) is 6.54 Å². The second kappa shape index (κ2) is 7.33. The van der Waals surface area contributed by atoms with E-state index in [2.05, 4.69) is 20.7 Å². The maximum atomic E-state index is 11.9. The van der Waals surface area contributed by atoms with Gasteiger partial charge >= 0.3 is 6.03 Å². The van der Waals surface area contributed by atoms with Gasteiger partial charge in [-0.1, -0.05) is 11.6 Å². The van der Waals surface area contributed by atoms with Crippen LogP contribution in [-0.2, 0) is 19.3 Å². The highest BCUT2D eigenvalue weighted by molar-refractivity contribution is 7.97. The molecule has 2 rings (SSSR count). The van der Waals surface area contributed by atoms with Gasteiger partial charge in [-0.3, -0.25) is 4.68 Å². The third-order valence-electron chi connectivity index (χ3n) is 2.82. The minimum absolute atomic E-state index is 0.296. The number of carbonyl (C=O) groups excluding carboxylic acids is 1. The van der Waals surface area contributed by atoms with Gasteiger partial charge in [-0.25, -0.2) is 9.78 Å². The molecule has 2 aromatic rings. The molecule has 0 aliphatic heterocycles. The number of nitrogens with one attached hydrogen (secondary N) is 2. The van der Waals surface area contributed by atoms with E-state index in [-0.39, 0.29) is 6.03 Å². The Morgan fingerprint density at radius 2 is 2.29 bits per heavy atom. The molecule has 8 heteroatoms.